The smallest absolute Gasteiger partial charge is 0.240 e. The molecule has 1 amide bonds. The van der Waals surface area contributed by atoms with Crippen molar-refractivity contribution < 1.29 is 4.79 Å². The Bertz CT molecular complexity index is 315. The third kappa shape index (κ3) is 5.17. The van der Waals surface area contributed by atoms with Gasteiger partial charge in [0.15, 0.2) is 0 Å². The highest BCUT2D eigenvalue weighted by Crippen LogP contribution is 2.22. The lowest BCUT2D eigenvalue weighted by molar-refractivity contribution is -0.134. The van der Waals surface area contributed by atoms with Crippen molar-refractivity contribution in [3.63, 3.8) is 0 Å². The molecule has 3 heterocycles. The van der Waals surface area contributed by atoms with Crippen molar-refractivity contribution in [1.82, 2.24) is 15.1 Å². The van der Waals surface area contributed by atoms with Gasteiger partial charge < -0.3 is 9.80 Å². The van der Waals surface area contributed by atoms with Crippen LogP contribution in [-0.4, -0.2) is 66.1 Å². The van der Waals surface area contributed by atoms with E-state index >= 15 is 0 Å². The number of nitrogens with zero attached hydrogens (tertiary/aromatic N) is 2. The molecule has 1 N–H and O–H groups in total. The van der Waals surface area contributed by atoms with Gasteiger partial charge in [0.25, 0.3) is 0 Å². The minimum absolute atomic E-state index is 0. The number of halogens is 2. The Kier molecular flexibility index (Phi) is 8.72. The molecular weight excluding hydrogens is 329 g/mol. The average Bonchev–Trinajstić information content (AvgIpc) is 3.12. The van der Waals surface area contributed by atoms with Gasteiger partial charge in [-0.1, -0.05) is 0 Å². The number of hydrogen-bond donors (Lipinski definition) is 1. The fourth-order valence-electron chi connectivity index (χ4n) is 3.44. The van der Waals surface area contributed by atoms with E-state index in [1.54, 1.807) is 0 Å². The SMILES string of the molecule is Cl.Cl.O=C(C1CSCN1)N1CCC(CN2CCCC2)CC1. The number of amides is 1. The fourth-order valence-corrected chi connectivity index (χ4v) is 4.37. The summed E-state index contributed by atoms with van der Waals surface area (Å²) in [5, 5.41) is 3.29. The molecule has 3 rings (SSSR count). The Balaban J connectivity index is 0.00000110. The topological polar surface area (TPSA) is 35.6 Å². The van der Waals surface area contributed by atoms with Gasteiger partial charge in [0.2, 0.25) is 5.91 Å². The molecule has 0 saturated carbocycles. The zero-order valence-electron chi connectivity index (χ0n) is 12.5. The molecule has 4 nitrogen and oxygen atoms in total. The minimum Gasteiger partial charge on any atom is -0.341 e. The second-order valence-corrected chi connectivity index (χ2v) is 7.08. The Morgan fingerprint density at radius 2 is 1.76 bits per heavy atom. The summed E-state index contributed by atoms with van der Waals surface area (Å²) in [7, 11) is 0. The van der Waals surface area contributed by atoms with Crippen LogP contribution < -0.4 is 5.32 Å². The number of nitrogens with one attached hydrogen (secondary N) is 1. The van der Waals surface area contributed by atoms with Crippen molar-refractivity contribution in [3.8, 4) is 0 Å². The lowest BCUT2D eigenvalue weighted by atomic mass is 9.96. The second-order valence-electron chi connectivity index (χ2n) is 6.05. The van der Waals surface area contributed by atoms with E-state index in [9.17, 15) is 4.79 Å². The van der Waals surface area contributed by atoms with E-state index in [1.807, 2.05) is 11.8 Å². The largest absolute Gasteiger partial charge is 0.341 e. The van der Waals surface area contributed by atoms with E-state index in [2.05, 4.69) is 15.1 Å². The van der Waals surface area contributed by atoms with E-state index in [0.717, 1.165) is 30.6 Å². The third-order valence-corrected chi connectivity index (χ3v) is 5.60. The van der Waals surface area contributed by atoms with E-state index in [4.69, 9.17) is 0 Å². The van der Waals surface area contributed by atoms with Crippen LogP contribution in [0.2, 0.25) is 0 Å². The summed E-state index contributed by atoms with van der Waals surface area (Å²) in [5.74, 6) is 3.03. The summed E-state index contributed by atoms with van der Waals surface area (Å²) in [6, 6.07) is 0.0835. The molecule has 3 saturated heterocycles. The zero-order chi connectivity index (χ0) is 13.1. The van der Waals surface area contributed by atoms with Gasteiger partial charge in [-0.25, -0.2) is 0 Å². The van der Waals surface area contributed by atoms with Crippen LogP contribution in [0.1, 0.15) is 25.7 Å². The van der Waals surface area contributed by atoms with Crippen molar-refractivity contribution in [3.05, 3.63) is 0 Å². The molecular formula is C14H27Cl2N3OS. The van der Waals surface area contributed by atoms with E-state index in [-0.39, 0.29) is 30.9 Å². The first kappa shape index (κ1) is 19.4. The van der Waals surface area contributed by atoms with Gasteiger partial charge in [-0.3, -0.25) is 10.1 Å². The predicted molar refractivity (Wildman–Crippen MR) is 93.7 cm³/mol. The summed E-state index contributed by atoms with van der Waals surface area (Å²) in [5.41, 5.74) is 0. The number of rotatable bonds is 3. The van der Waals surface area contributed by atoms with Crippen molar-refractivity contribution in [2.75, 3.05) is 44.4 Å². The highest BCUT2D eigenvalue weighted by atomic mass is 35.5. The minimum atomic E-state index is 0. The average molecular weight is 356 g/mol. The molecule has 1 unspecified atom stereocenters. The maximum absolute atomic E-state index is 12.3. The number of carbonyl (C=O) groups is 1. The lowest BCUT2D eigenvalue weighted by Gasteiger charge is -2.35. The van der Waals surface area contributed by atoms with E-state index in [1.165, 1.54) is 45.3 Å². The van der Waals surface area contributed by atoms with Crippen LogP contribution in [0.15, 0.2) is 0 Å². The first-order chi connectivity index (χ1) is 9.33. The van der Waals surface area contributed by atoms with Gasteiger partial charge in [-0.15, -0.1) is 36.6 Å². The maximum atomic E-state index is 12.3. The number of piperidine rings is 1. The van der Waals surface area contributed by atoms with Gasteiger partial charge in [-0.05, 0) is 44.7 Å². The van der Waals surface area contributed by atoms with Crippen LogP contribution in [0.4, 0.5) is 0 Å². The molecule has 0 bridgehead atoms. The van der Waals surface area contributed by atoms with Crippen LogP contribution in [0, 0.1) is 5.92 Å². The molecule has 0 radical (unpaired) electrons. The van der Waals surface area contributed by atoms with Crippen LogP contribution in [0.3, 0.4) is 0 Å². The monoisotopic (exact) mass is 355 g/mol. The normalized spacial score (nSPS) is 27.2. The molecule has 21 heavy (non-hydrogen) atoms. The van der Waals surface area contributed by atoms with Gasteiger partial charge in [0.05, 0.1) is 6.04 Å². The Hall–Kier alpha value is 0.320. The molecule has 3 aliphatic heterocycles. The number of likely N-dealkylation sites (tertiary alicyclic amines) is 2. The molecule has 0 aromatic carbocycles. The summed E-state index contributed by atoms with van der Waals surface area (Å²) in [6.07, 6.45) is 5.15. The van der Waals surface area contributed by atoms with Gasteiger partial charge in [0.1, 0.15) is 0 Å². The Morgan fingerprint density at radius 3 is 2.33 bits per heavy atom. The van der Waals surface area contributed by atoms with Crippen molar-refractivity contribution in [2.24, 2.45) is 5.92 Å². The molecule has 0 aromatic rings. The molecule has 3 fully saturated rings. The maximum Gasteiger partial charge on any atom is 0.240 e. The van der Waals surface area contributed by atoms with Crippen LogP contribution in [0.5, 0.6) is 0 Å². The van der Waals surface area contributed by atoms with E-state index in [0.29, 0.717) is 5.91 Å². The molecule has 1 atom stereocenters. The van der Waals surface area contributed by atoms with Crippen LogP contribution >= 0.6 is 36.6 Å². The van der Waals surface area contributed by atoms with Gasteiger partial charge >= 0.3 is 0 Å². The van der Waals surface area contributed by atoms with E-state index < -0.39 is 0 Å². The highest BCUT2D eigenvalue weighted by molar-refractivity contribution is 7.99. The second kappa shape index (κ2) is 9.46. The first-order valence-electron chi connectivity index (χ1n) is 7.65. The van der Waals surface area contributed by atoms with Crippen molar-refractivity contribution >= 4 is 42.5 Å². The highest BCUT2D eigenvalue weighted by Gasteiger charge is 2.30. The van der Waals surface area contributed by atoms with Gasteiger partial charge in [0, 0.05) is 31.3 Å². The molecule has 0 aromatic heterocycles. The summed E-state index contributed by atoms with van der Waals surface area (Å²) in [6.45, 7) is 5.80. The number of thioether (sulfide) groups is 1. The predicted octanol–water partition coefficient (Wildman–Crippen LogP) is 1.83. The molecule has 0 spiro atoms. The fraction of sp³-hybridized carbons (Fsp3) is 0.929. The zero-order valence-corrected chi connectivity index (χ0v) is 14.9. The van der Waals surface area contributed by atoms with Crippen molar-refractivity contribution in [1.29, 1.82) is 0 Å². The molecule has 7 heteroatoms. The summed E-state index contributed by atoms with van der Waals surface area (Å²) < 4.78 is 0. The summed E-state index contributed by atoms with van der Waals surface area (Å²) >= 11 is 1.83. The number of carbonyl (C=O) groups excluding carboxylic acids is 1. The summed E-state index contributed by atoms with van der Waals surface area (Å²) in [4.78, 5) is 17.0. The van der Waals surface area contributed by atoms with Crippen molar-refractivity contribution in [2.45, 2.75) is 31.7 Å². The lowest BCUT2D eigenvalue weighted by Crippen LogP contribution is -2.48. The molecule has 124 valence electrons. The van der Waals surface area contributed by atoms with Crippen LogP contribution in [-0.2, 0) is 4.79 Å². The molecule has 0 aliphatic carbocycles. The first-order valence-corrected chi connectivity index (χ1v) is 8.80. The van der Waals surface area contributed by atoms with Crippen LogP contribution in [0.25, 0.3) is 0 Å². The third-order valence-electron chi connectivity index (χ3n) is 4.66. The molecule has 3 aliphatic rings. The number of hydrogen-bond acceptors (Lipinski definition) is 4. The Morgan fingerprint density at radius 1 is 1.10 bits per heavy atom. The standard InChI is InChI=1S/C14H25N3OS.2ClH/c18-14(13-10-19-11-15-13)17-7-3-12(4-8-17)9-16-5-1-2-6-16;;/h12-13,15H,1-11H2;2*1H. The Labute approximate surface area is 144 Å². The quantitative estimate of drug-likeness (QED) is 0.837. The van der Waals surface area contributed by atoms with Gasteiger partial charge in [-0.2, -0.15) is 0 Å².